The molecule has 1 amide bonds. The summed E-state index contributed by atoms with van der Waals surface area (Å²) in [7, 11) is 2.00. The summed E-state index contributed by atoms with van der Waals surface area (Å²) in [6.45, 7) is 3.47. The maximum atomic E-state index is 14.6. The quantitative estimate of drug-likeness (QED) is 0.260. The summed E-state index contributed by atoms with van der Waals surface area (Å²) in [5.41, 5.74) is 0.278. The molecule has 0 radical (unpaired) electrons. The SMILES string of the molecule is CN1CCN(Cc2cc(NC(=O)c3ccc(F)c(C#Cc4cncc5ccccc45)c3)cc(C(F)(F)F)c2)CC1. The number of anilines is 1. The van der Waals surface area contributed by atoms with E-state index >= 15 is 0 Å². The minimum Gasteiger partial charge on any atom is -0.322 e. The van der Waals surface area contributed by atoms with Gasteiger partial charge in [-0.25, -0.2) is 4.39 Å². The monoisotopic (exact) mass is 546 g/mol. The van der Waals surface area contributed by atoms with E-state index in [1.165, 1.54) is 12.1 Å². The van der Waals surface area contributed by atoms with E-state index in [1.807, 2.05) is 31.3 Å². The summed E-state index contributed by atoms with van der Waals surface area (Å²) in [5, 5.41) is 4.30. The maximum Gasteiger partial charge on any atom is 0.416 e. The Morgan fingerprint density at radius 1 is 0.950 bits per heavy atom. The molecule has 1 aliphatic rings. The average molecular weight is 547 g/mol. The van der Waals surface area contributed by atoms with Crippen LogP contribution in [0.2, 0.25) is 0 Å². The van der Waals surface area contributed by atoms with Gasteiger partial charge in [0, 0.05) is 67.1 Å². The molecule has 0 aliphatic carbocycles. The second kappa shape index (κ2) is 11.5. The molecule has 1 fully saturated rings. The lowest BCUT2D eigenvalue weighted by Gasteiger charge is -2.32. The number of fused-ring (bicyclic) bond motifs is 1. The van der Waals surface area contributed by atoms with Gasteiger partial charge in [0.05, 0.1) is 16.7 Å². The number of alkyl halides is 3. The second-order valence-corrected chi connectivity index (χ2v) is 9.80. The van der Waals surface area contributed by atoms with E-state index < -0.39 is 23.5 Å². The third kappa shape index (κ3) is 6.47. The standard InChI is InChI=1S/C31H26F4N4O/c1-38-10-12-39(13-11-38)20-21-14-26(31(33,34)35)17-27(15-21)37-30(40)23-8-9-29(32)22(16-23)6-7-25-19-36-18-24-4-2-3-5-28(24)25/h2-5,8-9,14-19H,10-13,20H2,1H3,(H,37,40). The highest BCUT2D eigenvalue weighted by Crippen LogP contribution is 2.32. The molecule has 4 aromatic rings. The summed E-state index contributed by atoms with van der Waals surface area (Å²) in [6, 6.07) is 14.8. The van der Waals surface area contributed by atoms with Crippen LogP contribution >= 0.6 is 0 Å². The van der Waals surface area contributed by atoms with Crippen LogP contribution < -0.4 is 5.32 Å². The van der Waals surface area contributed by atoms with Crippen LogP contribution in [0.15, 0.2) is 73.1 Å². The van der Waals surface area contributed by atoms with Gasteiger partial charge in [-0.3, -0.25) is 14.7 Å². The van der Waals surface area contributed by atoms with Crippen LogP contribution in [-0.2, 0) is 12.7 Å². The predicted octanol–water partition coefficient (Wildman–Crippen LogP) is 5.79. The predicted molar refractivity (Wildman–Crippen MR) is 146 cm³/mol. The summed E-state index contributed by atoms with van der Waals surface area (Å²) >= 11 is 0. The van der Waals surface area contributed by atoms with E-state index in [9.17, 15) is 22.4 Å². The van der Waals surface area contributed by atoms with Gasteiger partial charge < -0.3 is 10.2 Å². The number of nitrogens with one attached hydrogen (secondary N) is 1. The smallest absolute Gasteiger partial charge is 0.322 e. The van der Waals surface area contributed by atoms with Crippen molar-refractivity contribution in [3.05, 3.63) is 107 Å². The number of nitrogens with zero attached hydrogens (tertiary/aromatic N) is 3. The van der Waals surface area contributed by atoms with Crippen LogP contribution in [-0.4, -0.2) is 53.9 Å². The van der Waals surface area contributed by atoms with Crippen molar-refractivity contribution in [1.82, 2.24) is 14.8 Å². The zero-order valence-electron chi connectivity index (χ0n) is 21.7. The normalized spacial score (nSPS) is 14.5. The van der Waals surface area contributed by atoms with Crippen molar-refractivity contribution in [2.24, 2.45) is 0 Å². The number of hydrogen-bond acceptors (Lipinski definition) is 4. The molecule has 1 aromatic heterocycles. The van der Waals surface area contributed by atoms with E-state index in [4.69, 9.17) is 0 Å². The summed E-state index contributed by atoms with van der Waals surface area (Å²) < 4.78 is 55.6. The molecule has 9 heteroatoms. The Balaban J connectivity index is 1.39. The third-order valence-corrected chi connectivity index (χ3v) is 6.81. The zero-order chi connectivity index (χ0) is 28.3. The molecule has 2 heterocycles. The highest BCUT2D eigenvalue weighted by atomic mass is 19.4. The molecule has 1 saturated heterocycles. The Labute approximate surface area is 229 Å². The van der Waals surface area contributed by atoms with E-state index in [2.05, 4.69) is 31.9 Å². The fourth-order valence-corrected chi connectivity index (χ4v) is 4.60. The topological polar surface area (TPSA) is 48.5 Å². The van der Waals surface area contributed by atoms with Crippen molar-refractivity contribution in [2.45, 2.75) is 12.7 Å². The van der Waals surface area contributed by atoms with E-state index in [0.717, 1.165) is 55.2 Å². The molecule has 0 bridgehead atoms. The molecule has 5 nitrogen and oxygen atoms in total. The molecular weight excluding hydrogens is 520 g/mol. The van der Waals surface area contributed by atoms with Gasteiger partial charge in [0.15, 0.2) is 0 Å². The molecule has 204 valence electrons. The van der Waals surface area contributed by atoms with Crippen LogP contribution in [0.5, 0.6) is 0 Å². The van der Waals surface area contributed by atoms with Crippen molar-refractivity contribution in [2.75, 3.05) is 38.5 Å². The van der Waals surface area contributed by atoms with Gasteiger partial charge in [0.2, 0.25) is 0 Å². The molecule has 0 spiro atoms. The number of amides is 1. The molecule has 0 unspecified atom stereocenters. The van der Waals surface area contributed by atoms with Crippen molar-refractivity contribution >= 4 is 22.4 Å². The van der Waals surface area contributed by atoms with E-state index in [1.54, 1.807) is 18.5 Å². The Bertz CT molecular complexity index is 1610. The molecule has 0 saturated carbocycles. The number of pyridine rings is 1. The molecule has 1 N–H and O–H groups in total. The van der Waals surface area contributed by atoms with Crippen LogP contribution in [0, 0.1) is 17.7 Å². The first-order valence-electron chi connectivity index (χ1n) is 12.7. The Hall–Kier alpha value is -4.26. The Morgan fingerprint density at radius 2 is 1.70 bits per heavy atom. The minimum absolute atomic E-state index is 0.0135. The van der Waals surface area contributed by atoms with Crippen molar-refractivity contribution in [3.8, 4) is 11.8 Å². The average Bonchev–Trinajstić information content (AvgIpc) is 2.93. The van der Waals surface area contributed by atoms with Crippen molar-refractivity contribution in [3.63, 3.8) is 0 Å². The molecule has 5 rings (SSSR count). The Morgan fingerprint density at radius 3 is 2.48 bits per heavy atom. The summed E-state index contributed by atoms with van der Waals surface area (Å²) in [4.78, 5) is 21.4. The lowest BCUT2D eigenvalue weighted by Crippen LogP contribution is -2.43. The van der Waals surface area contributed by atoms with Crippen LogP contribution in [0.4, 0.5) is 23.2 Å². The molecule has 3 aromatic carbocycles. The molecule has 40 heavy (non-hydrogen) atoms. The summed E-state index contributed by atoms with van der Waals surface area (Å²) in [6.07, 6.45) is -1.29. The van der Waals surface area contributed by atoms with Crippen LogP contribution in [0.25, 0.3) is 10.8 Å². The van der Waals surface area contributed by atoms with Gasteiger partial charge in [-0.2, -0.15) is 13.2 Å². The van der Waals surface area contributed by atoms with Gasteiger partial charge in [-0.15, -0.1) is 0 Å². The largest absolute Gasteiger partial charge is 0.416 e. The maximum absolute atomic E-state index is 14.6. The second-order valence-electron chi connectivity index (χ2n) is 9.80. The van der Waals surface area contributed by atoms with Crippen LogP contribution in [0.1, 0.15) is 32.6 Å². The van der Waals surface area contributed by atoms with E-state index in [-0.39, 0.29) is 16.8 Å². The number of piperazine rings is 1. The van der Waals surface area contributed by atoms with Gasteiger partial charge >= 0.3 is 6.18 Å². The fraction of sp³-hybridized carbons (Fsp3) is 0.226. The van der Waals surface area contributed by atoms with E-state index in [0.29, 0.717) is 17.7 Å². The Kier molecular flexibility index (Phi) is 7.83. The number of benzene rings is 3. The molecule has 0 atom stereocenters. The number of hydrogen-bond donors (Lipinski definition) is 1. The molecular formula is C31H26F4N4O. The van der Waals surface area contributed by atoms with Gasteiger partial charge in [0.1, 0.15) is 5.82 Å². The first-order chi connectivity index (χ1) is 19.2. The number of carbonyl (C=O) groups excluding carboxylic acids is 1. The zero-order valence-corrected chi connectivity index (χ0v) is 21.7. The van der Waals surface area contributed by atoms with Crippen molar-refractivity contribution < 1.29 is 22.4 Å². The number of aromatic nitrogens is 1. The number of likely N-dealkylation sites (N-methyl/N-ethyl adjacent to an activating group) is 1. The van der Waals surface area contributed by atoms with Crippen molar-refractivity contribution in [1.29, 1.82) is 0 Å². The lowest BCUT2D eigenvalue weighted by atomic mass is 10.1. The lowest BCUT2D eigenvalue weighted by molar-refractivity contribution is -0.137. The minimum atomic E-state index is -4.58. The summed E-state index contributed by atoms with van der Waals surface area (Å²) in [5.74, 6) is 4.39. The number of rotatable bonds is 4. The first kappa shape index (κ1) is 27.3. The van der Waals surface area contributed by atoms with Gasteiger partial charge in [-0.1, -0.05) is 36.1 Å². The highest BCUT2D eigenvalue weighted by Gasteiger charge is 2.31. The van der Waals surface area contributed by atoms with Gasteiger partial charge in [0.25, 0.3) is 5.91 Å². The highest BCUT2D eigenvalue weighted by molar-refractivity contribution is 6.04. The van der Waals surface area contributed by atoms with Gasteiger partial charge in [-0.05, 0) is 49.0 Å². The third-order valence-electron chi connectivity index (χ3n) is 6.81. The number of carbonyl (C=O) groups is 1. The fourth-order valence-electron chi connectivity index (χ4n) is 4.60. The molecule has 1 aliphatic heterocycles. The first-order valence-corrected chi connectivity index (χ1v) is 12.7. The van der Waals surface area contributed by atoms with Crippen LogP contribution in [0.3, 0.4) is 0 Å². The number of halogens is 4.